The largest absolute Gasteiger partial charge is 0.481 e. The molecule has 0 aliphatic heterocycles. The molecule has 24 heavy (non-hydrogen) atoms. The maximum absolute atomic E-state index is 11.4. The van der Waals surface area contributed by atoms with Crippen LogP contribution in [0.25, 0.3) is 0 Å². The molecule has 0 aliphatic carbocycles. The summed E-state index contributed by atoms with van der Waals surface area (Å²) in [6, 6.07) is 0. The number of esters is 2. The first-order chi connectivity index (χ1) is 11.1. The van der Waals surface area contributed by atoms with Gasteiger partial charge < -0.3 is 20.7 Å². The van der Waals surface area contributed by atoms with Crippen molar-refractivity contribution in [2.24, 2.45) is 0 Å². The third kappa shape index (κ3) is 18.2. The van der Waals surface area contributed by atoms with Crippen molar-refractivity contribution < 1.29 is 29.0 Å². The van der Waals surface area contributed by atoms with Crippen LogP contribution in [0.4, 0.5) is 0 Å². The summed E-state index contributed by atoms with van der Waals surface area (Å²) in [6.07, 6.45) is 8.99. The highest BCUT2D eigenvalue weighted by Gasteiger charge is 2.03. The highest BCUT2D eigenvalue weighted by atomic mass is 16.5. The zero-order chi connectivity index (χ0) is 17.3. The van der Waals surface area contributed by atoms with Crippen LogP contribution in [0.3, 0.4) is 0 Å². The predicted molar refractivity (Wildman–Crippen MR) is 90.9 cm³/mol. The van der Waals surface area contributed by atoms with E-state index < -0.39 is 5.97 Å². The van der Waals surface area contributed by atoms with E-state index >= 15 is 0 Å². The maximum atomic E-state index is 11.4. The van der Waals surface area contributed by atoms with Crippen LogP contribution in [0.5, 0.6) is 0 Å². The summed E-state index contributed by atoms with van der Waals surface area (Å²) in [5, 5.41) is 8.47. The summed E-state index contributed by atoms with van der Waals surface area (Å²) < 4.78 is 10.1. The van der Waals surface area contributed by atoms with Gasteiger partial charge in [-0.1, -0.05) is 12.5 Å². The smallest absolute Gasteiger partial charge is 0.330 e. The Hall–Kier alpha value is -1.89. The summed E-state index contributed by atoms with van der Waals surface area (Å²) in [5.41, 5.74) is 0. The van der Waals surface area contributed by atoms with Gasteiger partial charge in [0.1, 0.15) is 0 Å². The van der Waals surface area contributed by atoms with Gasteiger partial charge in [-0.2, -0.15) is 0 Å². The highest BCUT2D eigenvalue weighted by molar-refractivity contribution is 5.81. The van der Waals surface area contributed by atoms with Crippen molar-refractivity contribution in [2.75, 3.05) is 13.2 Å². The van der Waals surface area contributed by atoms with E-state index in [0.717, 1.165) is 32.1 Å². The number of carbonyl (C=O) groups excluding carboxylic acids is 2. The van der Waals surface area contributed by atoms with Crippen LogP contribution in [0.1, 0.15) is 64.7 Å². The third-order valence-corrected chi connectivity index (χ3v) is 3.12. The van der Waals surface area contributed by atoms with Crippen LogP contribution in [0.15, 0.2) is 12.2 Å². The van der Waals surface area contributed by atoms with E-state index in [9.17, 15) is 14.4 Å². The lowest BCUT2D eigenvalue weighted by Gasteiger charge is -2.05. The first kappa shape index (κ1) is 24.4. The standard InChI is InChI=1S/C17H28O6.H3N/c1-2-10-16(20)22-13-8-3-4-9-14-23-17(21)12-7-5-6-11-15(18)19;/h2,10H,3-9,11-14H2,1H3,(H,18,19);1H3. The number of allylic oxidation sites excluding steroid dienone is 1. The Morgan fingerprint density at radius 2 is 1.38 bits per heavy atom. The zero-order valence-electron chi connectivity index (χ0n) is 14.6. The minimum atomic E-state index is -0.802. The van der Waals surface area contributed by atoms with Crippen LogP contribution < -0.4 is 6.15 Å². The number of carbonyl (C=O) groups is 3. The molecule has 140 valence electrons. The molecule has 7 nitrogen and oxygen atoms in total. The van der Waals surface area contributed by atoms with Crippen molar-refractivity contribution in [1.82, 2.24) is 6.15 Å². The molecule has 0 aromatic carbocycles. The first-order valence-electron chi connectivity index (χ1n) is 8.23. The number of hydrogen-bond acceptors (Lipinski definition) is 6. The van der Waals surface area contributed by atoms with Crippen molar-refractivity contribution in [3.63, 3.8) is 0 Å². The van der Waals surface area contributed by atoms with E-state index in [1.54, 1.807) is 13.0 Å². The van der Waals surface area contributed by atoms with Gasteiger partial charge in [0, 0.05) is 18.9 Å². The number of hydrogen-bond donors (Lipinski definition) is 2. The molecule has 0 fully saturated rings. The number of ether oxygens (including phenoxy) is 2. The van der Waals surface area contributed by atoms with Crippen molar-refractivity contribution >= 4 is 17.9 Å². The third-order valence-electron chi connectivity index (χ3n) is 3.12. The second-order valence-electron chi connectivity index (χ2n) is 5.26. The minimum Gasteiger partial charge on any atom is -0.481 e. The Morgan fingerprint density at radius 1 is 0.833 bits per heavy atom. The van der Waals surface area contributed by atoms with E-state index in [0.29, 0.717) is 32.5 Å². The molecule has 0 amide bonds. The summed E-state index contributed by atoms with van der Waals surface area (Å²) in [4.78, 5) is 32.7. The van der Waals surface area contributed by atoms with E-state index in [1.807, 2.05) is 0 Å². The van der Waals surface area contributed by atoms with E-state index in [-0.39, 0.29) is 24.5 Å². The molecule has 0 saturated heterocycles. The molecule has 0 rings (SSSR count). The van der Waals surface area contributed by atoms with Gasteiger partial charge in [0.2, 0.25) is 0 Å². The molecule has 0 atom stereocenters. The van der Waals surface area contributed by atoms with E-state index in [1.165, 1.54) is 6.08 Å². The van der Waals surface area contributed by atoms with Gasteiger partial charge in [-0.15, -0.1) is 0 Å². The fourth-order valence-electron chi connectivity index (χ4n) is 1.90. The molecule has 0 aromatic heterocycles. The molecule has 0 heterocycles. The van der Waals surface area contributed by atoms with Gasteiger partial charge in [-0.05, 0) is 45.4 Å². The van der Waals surface area contributed by atoms with Crippen molar-refractivity contribution in [3.05, 3.63) is 12.2 Å². The molecule has 0 radical (unpaired) electrons. The van der Waals surface area contributed by atoms with Gasteiger partial charge in [0.15, 0.2) is 0 Å². The molecule has 0 aromatic rings. The second-order valence-corrected chi connectivity index (χ2v) is 5.26. The van der Waals surface area contributed by atoms with Crippen molar-refractivity contribution in [2.45, 2.75) is 64.7 Å². The Bertz CT molecular complexity index is 381. The number of carboxylic acids is 1. The number of carboxylic acid groups (broad SMARTS) is 1. The van der Waals surface area contributed by atoms with Gasteiger partial charge in [-0.25, -0.2) is 4.79 Å². The molecule has 7 heteroatoms. The SMILES string of the molecule is CC=CC(=O)OCCCCCCOC(=O)CCCCCC(=O)O.N. The summed E-state index contributed by atoms with van der Waals surface area (Å²) >= 11 is 0. The Balaban J connectivity index is 0. The van der Waals surface area contributed by atoms with Crippen molar-refractivity contribution in [1.29, 1.82) is 0 Å². The van der Waals surface area contributed by atoms with Crippen molar-refractivity contribution in [3.8, 4) is 0 Å². The molecule has 4 N–H and O–H groups in total. The molecule has 0 unspecified atom stereocenters. The average Bonchev–Trinajstić information content (AvgIpc) is 2.49. The molecule has 0 spiro atoms. The Labute approximate surface area is 144 Å². The highest BCUT2D eigenvalue weighted by Crippen LogP contribution is 2.05. The molecular weight excluding hydrogens is 314 g/mol. The Kier molecular flexibility index (Phi) is 17.7. The molecular formula is C17H31NO6. The number of unbranched alkanes of at least 4 members (excludes halogenated alkanes) is 5. The summed E-state index contributed by atoms with van der Waals surface area (Å²) in [7, 11) is 0. The quantitative estimate of drug-likeness (QED) is 0.281. The van der Waals surface area contributed by atoms with E-state index in [4.69, 9.17) is 14.6 Å². The van der Waals surface area contributed by atoms with Gasteiger partial charge in [-0.3, -0.25) is 9.59 Å². The summed E-state index contributed by atoms with van der Waals surface area (Å²) in [6.45, 7) is 2.59. The lowest BCUT2D eigenvalue weighted by molar-refractivity contribution is -0.144. The molecule has 0 bridgehead atoms. The molecule has 0 aliphatic rings. The first-order valence-corrected chi connectivity index (χ1v) is 8.23. The molecule has 0 saturated carbocycles. The second kappa shape index (κ2) is 17.5. The fourth-order valence-corrected chi connectivity index (χ4v) is 1.90. The van der Waals surface area contributed by atoms with Crippen LogP contribution in [-0.4, -0.2) is 36.2 Å². The number of rotatable bonds is 14. The topological polar surface area (TPSA) is 125 Å². The predicted octanol–water partition coefficient (Wildman–Crippen LogP) is 3.41. The van der Waals surface area contributed by atoms with E-state index in [2.05, 4.69) is 0 Å². The van der Waals surface area contributed by atoms with Gasteiger partial charge in [0.25, 0.3) is 0 Å². The normalized spacial score (nSPS) is 10.2. The van der Waals surface area contributed by atoms with Crippen LogP contribution >= 0.6 is 0 Å². The zero-order valence-corrected chi connectivity index (χ0v) is 14.6. The summed E-state index contributed by atoms with van der Waals surface area (Å²) in [5.74, 6) is -1.34. The minimum absolute atomic E-state index is 0. The lowest BCUT2D eigenvalue weighted by atomic mass is 10.1. The number of aliphatic carboxylic acids is 1. The van der Waals surface area contributed by atoms with Gasteiger partial charge in [0.05, 0.1) is 13.2 Å². The monoisotopic (exact) mass is 345 g/mol. The lowest BCUT2D eigenvalue weighted by Crippen LogP contribution is -2.06. The van der Waals surface area contributed by atoms with Crippen LogP contribution in [-0.2, 0) is 23.9 Å². The van der Waals surface area contributed by atoms with Crippen LogP contribution in [0.2, 0.25) is 0 Å². The van der Waals surface area contributed by atoms with Gasteiger partial charge >= 0.3 is 17.9 Å². The maximum Gasteiger partial charge on any atom is 0.330 e. The van der Waals surface area contributed by atoms with Crippen LogP contribution in [0, 0.1) is 0 Å². The average molecular weight is 345 g/mol. The Morgan fingerprint density at radius 3 is 1.96 bits per heavy atom. The fraction of sp³-hybridized carbons (Fsp3) is 0.706.